The molecule has 0 bridgehead atoms. The van der Waals surface area contributed by atoms with Crippen LogP contribution in [-0.4, -0.2) is 27.6 Å². The fourth-order valence-corrected chi connectivity index (χ4v) is 1.28. The van der Waals surface area contributed by atoms with Gasteiger partial charge in [-0.05, 0) is 6.07 Å². The molecule has 2 rings (SSSR count). The highest BCUT2D eigenvalue weighted by Crippen LogP contribution is 2.15. The van der Waals surface area contributed by atoms with Gasteiger partial charge >= 0.3 is 5.97 Å². The number of carbonyl (C=O) groups excluding carboxylic acids is 1. The topological polar surface area (TPSA) is 83.0 Å². The fourth-order valence-electron chi connectivity index (χ4n) is 1.28. The first-order valence-electron chi connectivity index (χ1n) is 4.54. The van der Waals surface area contributed by atoms with E-state index >= 15 is 0 Å². The second-order valence-corrected chi connectivity index (χ2v) is 3.09. The van der Waals surface area contributed by atoms with Gasteiger partial charge in [-0.2, -0.15) is 0 Å². The lowest BCUT2D eigenvalue weighted by Crippen LogP contribution is -2.08. The van der Waals surface area contributed by atoms with Crippen molar-refractivity contribution >= 4 is 11.7 Å². The first kappa shape index (κ1) is 10.2. The van der Waals surface area contributed by atoms with Crippen molar-refractivity contribution in [3.05, 3.63) is 36.5 Å². The summed E-state index contributed by atoms with van der Waals surface area (Å²) in [5.74, 6) is 0.0772. The van der Waals surface area contributed by atoms with Gasteiger partial charge in [0.05, 0.1) is 24.6 Å². The Labute approximate surface area is 91.7 Å². The first-order chi connectivity index (χ1) is 7.72. The largest absolute Gasteiger partial charge is 0.465 e. The van der Waals surface area contributed by atoms with Gasteiger partial charge in [0.15, 0.2) is 0 Å². The van der Waals surface area contributed by atoms with E-state index in [4.69, 9.17) is 5.73 Å². The van der Waals surface area contributed by atoms with E-state index in [-0.39, 0.29) is 5.69 Å². The molecule has 0 aliphatic rings. The average molecular weight is 218 g/mol. The van der Waals surface area contributed by atoms with Gasteiger partial charge in [0.25, 0.3) is 0 Å². The molecule has 0 fully saturated rings. The van der Waals surface area contributed by atoms with E-state index in [0.717, 1.165) is 0 Å². The number of nitrogens with zero attached hydrogens (tertiary/aromatic N) is 3. The number of ether oxygens (including phenoxy) is 1. The summed E-state index contributed by atoms with van der Waals surface area (Å²) in [6, 6.07) is 1.56. The Morgan fingerprint density at radius 2 is 2.38 bits per heavy atom. The lowest BCUT2D eigenvalue weighted by Gasteiger charge is -2.06. The van der Waals surface area contributed by atoms with E-state index in [1.54, 1.807) is 29.4 Å². The molecule has 82 valence electrons. The minimum absolute atomic E-state index is 0.288. The molecule has 6 nitrogen and oxygen atoms in total. The van der Waals surface area contributed by atoms with Gasteiger partial charge in [0, 0.05) is 12.4 Å². The van der Waals surface area contributed by atoms with Gasteiger partial charge in [-0.3, -0.25) is 4.57 Å². The highest BCUT2D eigenvalue weighted by atomic mass is 16.5. The summed E-state index contributed by atoms with van der Waals surface area (Å²) >= 11 is 0. The number of methoxy groups -OCH3 is 1. The molecule has 0 spiro atoms. The number of carbonyl (C=O) groups is 1. The summed E-state index contributed by atoms with van der Waals surface area (Å²) in [7, 11) is 1.30. The minimum atomic E-state index is -0.485. The van der Waals surface area contributed by atoms with E-state index in [0.29, 0.717) is 11.4 Å². The van der Waals surface area contributed by atoms with Gasteiger partial charge in [0.2, 0.25) is 0 Å². The number of nitrogens with two attached hydrogens (primary N) is 1. The van der Waals surface area contributed by atoms with Crippen molar-refractivity contribution in [1.29, 1.82) is 0 Å². The van der Waals surface area contributed by atoms with Crippen LogP contribution in [0.2, 0.25) is 0 Å². The molecule has 0 saturated carbocycles. The second-order valence-electron chi connectivity index (χ2n) is 3.09. The Bertz CT molecular complexity index is 508. The summed E-state index contributed by atoms with van der Waals surface area (Å²) in [4.78, 5) is 19.4. The highest BCUT2D eigenvalue weighted by molar-refractivity contribution is 5.95. The van der Waals surface area contributed by atoms with Crippen molar-refractivity contribution in [2.24, 2.45) is 0 Å². The van der Waals surface area contributed by atoms with Gasteiger partial charge in [0.1, 0.15) is 12.1 Å². The monoisotopic (exact) mass is 218 g/mol. The Hall–Kier alpha value is -2.37. The minimum Gasteiger partial charge on any atom is -0.465 e. The summed E-state index contributed by atoms with van der Waals surface area (Å²) in [5.41, 5.74) is 6.21. The molecule has 6 heteroatoms. The molecule has 16 heavy (non-hydrogen) atoms. The SMILES string of the molecule is COC(=O)c1cc(-n2ccnc2)ncc1N. The lowest BCUT2D eigenvalue weighted by atomic mass is 10.2. The third-order valence-electron chi connectivity index (χ3n) is 2.09. The van der Waals surface area contributed by atoms with Crippen LogP contribution in [0.5, 0.6) is 0 Å². The molecule has 0 amide bonds. The summed E-state index contributed by atoms with van der Waals surface area (Å²) in [5, 5.41) is 0. The van der Waals surface area contributed by atoms with Crippen LogP contribution in [0.15, 0.2) is 31.0 Å². The molecule has 2 heterocycles. The molecule has 0 atom stereocenters. The maximum absolute atomic E-state index is 11.4. The average Bonchev–Trinajstić information content (AvgIpc) is 2.82. The maximum Gasteiger partial charge on any atom is 0.340 e. The van der Waals surface area contributed by atoms with Crippen LogP contribution in [0.3, 0.4) is 0 Å². The molecular weight excluding hydrogens is 208 g/mol. The summed E-state index contributed by atoms with van der Waals surface area (Å²) in [6.45, 7) is 0. The number of aromatic nitrogens is 3. The van der Waals surface area contributed by atoms with Gasteiger partial charge < -0.3 is 10.5 Å². The van der Waals surface area contributed by atoms with Crippen LogP contribution >= 0.6 is 0 Å². The normalized spacial score (nSPS) is 10.1. The number of pyridine rings is 1. The quantitative estimate of drug-likeness (QED) is 0.748. The van der Waals surface area contributed by atoms with E-state index in [9.17, 15) is 4.79 Å². The van der Waals surface area contributed by atoms with Crippen molar-refractivity contribution in [2.45, 2.75) is 0 Å². The van der Waals surface area contributed by atoms with Gasteiger partial charge in [-0.15, -0.1) is 0 Å². The molecule has 0 aromatic carbocycles. The molecule has 0 saturated heterocycles. The third-order valence-corrected chi connectivity index (χ3v) is 2.09. The van der Waals surface area contributed by atoms with Crippen molar-refractivity contribution in [3.8, 4) is 5.82 Å². The van der Waals surface area contributed by atoms with Crippen LogP contribution in [-0.2, 0) is 4.74 Å². The molecule has 2 aromatic rings. The van der Waals surface area contributed by atoms with E-state index < -0.39 is 5.97 Å². The maximum atomic E-state index is 11.4. The number of imidazole rings is 1. The zero-order valence-corrected chi connectivity index (χ0v) is 8.62. The Kier molecular flexibility index (Phi) is 2.55. The predicted molar refractivity (Wildman–Crippen MR) is 57.1 cm³/mol. The molecule has 2 N–H and O–H groups in total. The zero-order valence-electron chi connectivity index (χ0n) is 8.62. The van der Waals surface area contributed by atoms with Crippen molar-refractivity contribution < 1.29 is 9.53 Å². The van der Waals surface area contributed by atoms with E-state index in [1.165, 1.54) is 13.3 Å². The number of anilines is 1. The van der Waals surface area contributed by atoms with Crippen LogP contribution in [0.1, 0.15) is 10.4 Å². The Morgan fingerprint density at radius 1 is 1.56 bits per heavy atom. The van der Waals surface area contributed by atoms with Crippen molar-refractivity contribution in [3.63, 3.8) is 0 Å². The molecular formula is C10H10N4O2. The second kappa shape index (κ2) is 4.01. The Balaban J connectivity index is 2.47. The standard InChI is InChI=1S/C10H10N4O2/c1-16-10(15)7-4-9(13-5-8(7)11)14-3-2-12-6-14/h2-6H,11H2,1H3. The van der Waals surface area contributed by atoms with E-state index in [1.807, 2.05) is 0 Å². The van der Waals surface area contributed by atoms with Crippen molar-refractivity contribution in [2.75, 3.05) is 12.8 Å². The smallest absolute Gasteiger partial charge is 0.340 e. The molecule has 0 radical (unpaired) electrons. The van der Waals surface area contributed by atoms with Crippen LogP contribution < -0.4 is 5.73 Å². The summed E-state index contributed by atoms with van der Waals surface area (Å²) < 4.78 is 6.29. The highest BCUT2D eigenvalue weighted by Gasteiger charge is 2.11. The molecule has 2 aromatic heterocycles. The first-order valence-corrected chi connectivity index (χ1v) is 4.54. The van der Waals surface area contributed by atoms with Gasteiger partial charge in [-0.25, -0.2) is 14.8 Å². The number of nitrogen functional groups attached to an aromatic ring is 1. The number of rotatable bonds is 2. The number of esters is 1. The molecule has 0 unspecified atom stereocenters. The van der Waals surface area contributed by atoms with Crippen LogP contribution in [0.25, 0.3) is 5.82 Å². The predicted octanol–water partition coefficient (Wildman–Crippen LogP) is 0.636. The molecule has 0 aliphatic heterocycles. The third kappa shape index (κ3) is 1.72. The van der Waals surface area contributed by atoms with E-state index in [2.05, 4.69) is 14.7 Å². The lowest BCUT2D eigenvalue weighted by molar-refractivity contribution is 0.0602. The zero-order chi connectivity index (χ0) is 11.5. The summed E-state index contributed by atoms with van der Waals surface area (Å²) in [6.07, 6.45) is 6.34. The Morgan fingerprint density at radius 3 is 3.00 bits per heavy atom. The molecule has 0 aliphatic carbocycles. The van der Waals surface area contributed by atoms with Crippen LogP contribution in [0, 0.1) is 0 Å². The van der Waals surface area contributed by atoms with Crippen molar-refractivity contribution in [1.82, 2.24) is 14.5 Å². The fraction of sp³-hybridized carbons (Fsp3) is 0.100. The number of hydrogen-bond acceptors (Lipinski definition) is 5. The number of hydrogen-bond donors (Lipinski definition) is 1. The van der Waals surface area contributed by atoms with Crippen LogP contribution in [0.4, 0.5) is 5.69 Å². The van der Waals surface area contributed by atoms with Gasteiger partial charge in [-0.1, -0.05) is 0 Å².